The number of ether oxygens (including phenoxy) is 3. The van der Waals surface area contributed by atoms with Crippen LogP contribution in [0, 0.1) is 0 Å². The molecular formula is C12H28N2O3. The minimum atomic E-state index is 0.751. The lowest BCUT2D eigenvalue weighted by atomic mass is 10.5. The fraction of sp³-hybridized carbons (Fsp3) is 1.00. The van der Waals surface area contributed by atoms with Crippen LogP contribution in [0.5, 0.6) is 0 Å². The molecule has 0 aromatic rings. The summed E-state index contributed by atoms with van der Waals surface area (Å²) in [5, 5.41) is 3.27. The van der Waals surface area contributed by atoms with Crippen molar-refractivity contribution in [1.82, 2.24) is 10.2 Å². The van der Waals surface area contributed by atoms with Crippen LogP contribution in [0.1, 0.15) is 6.42 Å². The fourth-order valence-electron chi connectivity index (χ4n) is 1.17. The topological polar surface area (TPSA) is 43.0 Å². The Kier molecular flexibility index (Phi) is 13.7. The van der Waals surface area contributed by atoms with Crippen LogP contribution in [-0.2, 0) is 14.2 Å². The minimum Gasteiger partial charge on any atom is -0.385 e. The maximum atomic E-state index is 5.44. The first kappa shape index (κ1) is 16.8. The van der Waals surface area contributed by atoms with Gasteiger partial charge >= 0.3 is 0 Å². The van der Waals surface area contributed by atoms with Crippen molar-refractivity contribution in [2.75, 3.05) is 73.9 Å². The molecule has 0 fully saturated rings. The molecule has 5 nitrogen and oxygen atoms in total. The highest BCUT2D eigenvalue weighted by atomic mass is 16.5. The third-order valence-corrected chi connectivity index (χ3v) is 2.17. The molecular weight excluding hydrogens is 220 g/mol. The zero-order valence-corrected chi connectivity index (χ0v) is 11.5. The molecule has 0 rings (SSSR count). The van der Waals surface area contributed by atoms with Crippen molar-refractivity contribution in [1.29, 1.82) is 0 Å². The van der Waals surface area contributed by atoms with Gasteiger partial charge in [-0.2, -0.15) is 0 Å². The van der Waals surface area contributed by atoms with E-state index in [9.17, 15) is 0 Å². The molecule has 0 saturated heterocycles. The molecule has 1 N–H and O–H groups in total. The summed E-state index contributed by atoms with van der Waals surface area (Å²) in [5.41, 5.74) is 0. The monoisotopic (exact) mass is 248 g/mol. The third kappa shape index (κ3) is 15.8. The summed E-state index contributed by atoms with van der Waals surface area (Å²) >= 11 is 0. The highest BCUT2D eigenvalue weighted by molar-refractivity contribution is 4.46. The molecule has 0 saturated carbocycles. The summed E-state index contributed by atoms with van der Waals surface area (Å²) in [4.78, 5) is 2.11. The van der Waals surface area contributed by atoms with E-state index in [1.165, 1.54) is 0 Å². The average molecular weight is 248 g/mol. The zero-order valence-electron chi connectivity index (χ0n) is 11.5. The Morgan fingerprint density at radius 2 is 1.53 bits per heavy atom. The summed E-state index contributed by atoms with van der Waals surface area (Å²) in [6.07, 6.45) is 0.962. The molecule has 0 spiro atoms. The van der Waals surface area contributed by atoms with E-state index in [-0.39, 0.29) is 0 Å². The van der Waals surface area contributed by atoms with Gasteiger partial charge in [0.2, 0.25) is 0 Å². The van der Waals surface area contributed by atoms with E-state index in [0.717, 1.165) is 59.1 Å². The Hall–Kier alpha value is -0.200. The molecule has 0 aromatic heterocycles. The maximum absolute atomic E-state index is 5.44. The van der Waals surface area contributed by atoms with Gasteiger partial charge in [-0.25, -0.2) is 0 Å². The molecule has 17 heavy (non-hydrogen) atoms. The van der Waals surface area contributed by atoms with Crippen LogP contribution in [0.4, 0.5) is 0 Å². The first-order valence-corrected chi connectivity index (χ1v) is 6.27. The second-order valence-electron chi connectivity index (χ2n) is 4.12. The molecule has 0 aliphatic heterocycles. The van der Waals surface area contributed by atoms with Gasteiger partial charge in [-0.3, -0.25) is 0 Å². The summed E-state index contributed by atoms with van der Waals surface area (Å²) in [6.45, 7) is 6.59. The van der Waals surface area contributed by atoms with Crippen molar-refractivity contribution in [3.63, 3.8) is 0 Å². The van der Waals surface area contributed by atoms with Crippen LogP contribution in [0.3, 0.4) is 0 Å². The summed E-state index contributed by atoms with van der Waals surface area (Å²) in [5.74, 6) is 0. The van der Waals surface area contributed by atoms with E-state index in [1.54, 1.807) is 7.11 Å². The van der Waals surface area contributed by atoms with E-state index in [4.69, 9.17) is 14.2 Å². The molecule has 0 radical (unpaired) electrons. The lowest BCUT2D eigenvalue weighted by Crippen LogP contribution is -2.26. The van der Waals surface area contributed by atoms with Crippen LogP contribution in [0.2, 0.25) is 0 Å². The number of likely N-dealkylation sites (N-methyl/N-ethyl adjacent to an activating group) is 1. The highest BCUT2D eigenvalue weighted by Crippen LogP contribution is 1.82. The Morgan fingerprint density at radius 1 is 0.882 bits per heavy atom. The molecule has 104 valence electrons. The summed E-state index contributed by atoms with van der Waals surface area (Å²) in [6, 6.07) is 0. The summed E-state index contributed by atoms with van der Waals surface area (Å²) < 4.78 is 15.8. The molecule has 0 aliphatic rings. The standard InChI is InChI=1S/C12H28N2O3/c1-14(2)7-12-17-11-6-13-5-10-16-9-4-8-15-3/h13H,4-12H2,1-3H3. The zero-order chi connectivity index (χ0) is 12.8. The van der Waals surface area contributed by atoms with E-state index in [0.29, 0.717) is 0 Å². The molecule has 0 aliphatic carbocycles. The Labute approximate surface area is 105 Å². The van der Waals surface area contributed by atoms with Crippen LogP contribution in [0.25, 0.3) is 0 Å². The molecule has 5 heteroatoms. The smallest absolute Gasteiger partial charge is 0.0593 e. The Morgan fingerprint density at radius 3 is 2.12 bits per heavy atom. The number of methoxy groups -OCH3 is 1. The number of hydrogen-bond donors (Lipinski definition) is 1. The van der Waals surface area contributed by atoms with Gasteiger partial charge in [0.05, 0.1) is 19.8 Å². The number of rotatable bonds is 13. The Bertz CT molecular complexity index is 146. The van der Waals surface area contributed by atoms with Gasteiger partial charge in [-0.05, 0) is 20.5 Å². The van der Waals surface area contributed by atoms with Crippen LogP contribution in [-0.4, -0.2) is 78.8 Å². The Balaban J connectivity index is 2.89. The van der Waals surface area contributed by atoms with Crippen molar-refractivity contribution in [3.8, 4) is 0 Å². The average Bonchev–Trinajstić information content (AvgIpc) is 2.30. The van der Waals surface area contributed by atoms with Crippen LogP contribution >= 0.6 is 0 Å². The van der Waals surface area contributed by atoms with Gasteiger partial charge in [0.1, 0.15) is 0 Å². The predicted molar refractivity (Wildman–Crippen MR) is 69.6 cm³/mol. The number of hydrogen-bond acceptors (Lipinski definition) is 5. The predicted octanol–water partition coefficient (Wildman–Crippen LogP) is 0.207. The second-order valence-corrected chi connectivity index (χ2v) is 4.12. The van der Waals surface area contributed by atoms with E-state index >= 15 is 0 Å². The van der Waals surface area contributed by atoms with Gasteiger partial charge in [-0.1, -0.05) is 0 Å². The molecule has 0 amide bonds. The molecule has 0 aromatic carbocycles. The lowest BCUT2D eigenvalue weighted by molar-refractivity contribution is 0.0984. The van der Waals surface area contributed by atoms with Gasteiger partial charge in [0.15, 0.2) is 0 Å². The highest BCUT2D eigenvalue weighted by Gasteiger charge is 1.92. The molecule has 0 bridgehead atoms. The van der Waals surface area contributed by atoms with Gasteiger partial charge in [0, 0.05) is 40.0 Å². The second kappa shape index (κ2) is 13.9. The van der Waals surface area contributed by atoms with Crippen molar-refractivity contribution in [2.45, 2.75) is 6.42 Å². The van der Waals surface area contributed by atoms with E-state index < -0.39 is 0 Å². The first-order valence-electron chi connectivity index (χ1n) is 6.27. The fourth-order valence-corrected chi connectivity index (χ4v) is 1.17. The first-order chi connectivity index (χ1) is 8.27. The van der Waals surface area contributed by atoms with Crippen molar-refractivity contribution >= 4 is 0 Å². The van der Waals surface area contributed by atoms with Crippen molar-refractivity contribution in [3.05, 3.63) is 0 Å². The summed E-state index contributed by atoms with van der Waals surface area (Å²) in [7, 11) is 5.79. The maximum Gasteiger partial charge on any atom is 0.0593 e. The molecule has 0 atom stereocenters. The lowest BCUT2D eigenvalue weighted by Gasteiger charge is -2.10. The van der Waals surface area contributed by atoms with Crippen LogP contribution < -0.4 is 5.32 Å². The SMILES string of the molecule is COCCCOCCNCCOCCN(C)C. The quantitative estimate of drug-likeness (QED) is 0.472. The van der Waals surface area contributed by atoms with Gasteiger partial charge in [-0.15, -0.1) is 0 Å². The van der Waals surface area contributed by atoms with Crippen molar-refractivity contribution in [2.24, 2.45) is 0 Å². The third-order valence-electron chi connectivity index (χ3n) is 2.17. The van der Waals surface area contributed by atoms with E-state index in [2.05, 4.69) is 10.2 Å². The number of nitrogens with zero attached hydrogens (tertiary/aromatic N) is 1. The molecule has 0 unspecified atom stereocenters. The number of nitrogens with one attached hydrogen (secondary N) is 1. The normalized spacial score (nSPS) is 11.3. The van der Waals surface area contributed by atoms with Gasteiger partial charge < -0.3 is 24.4 Å². The van der Waals surface area contributed by atoms with Crippen LogP contribution in [0.15, 0.2) is 0 Å². The van der Waals surface area contributed by atoms with Gasteiger partial charge in [0.25, 0.3) is 0 Å². The molecule has 0 heterocycles. The minimum absolute atomic E-state index is 0.751. The van der Waals surface area contributed by atoms with Crippen molar-refractivity contribution < 1.29 is 14.2 Å². The largest absolute Gasteiger partial charge is 0.385 e. The van der Waals surface area contributed by atoms with E-state index in [1.807, 2.05) is 14.1 Å².